The predicted octanol–water partition coefficient (Wildman–Crippen LogP) is 4.12. The lowest BCUT2D eigenvalue weighted by Crippen LogP contribution is -2.14. The molecule has 1 atom stereocenters. The van der Waals surface area contributed by atoms with Crippen LogP contribution >= 0.6 is 0 Å². The van der Waals surface area contributed by atoms with E-state index >= 15 is 0 Å². The van der Waals surface area contributed by atoms with Gasteiger partial charge in [0.1, 0.15) is 11.6 Å². The normalized spacial score (nSPS) is 15.4. The molecule has 2 aromatic heterocycles. The average molecular weight is 350 g/mol. The van der Waals surface area contributed by atoms with Crippen LogP contribution in [0.1, 0.15) is 17.2 Å². The monoisotopic (exact) mass is 350 g/mol. The molecule has 2 aromatic carbocycles. The number of halogens is 2. The van der Waals surface area contributed by atoms with Gasteiger partial charge in [-0.05, 0) is 12.1 Å². The van der Waals surface area contributed by atoms with Crippen molar-refractivity contribution in [1.29, 1.82) is 0 Å². The first-order valence-electron chi connectivity index (χ1n) is 8.00. The summed E-state index contributed by atoms with van der Waals surface area (Å²) in [5.74, 6) is -1.41. The van der Waals surface area contributed by atoms with Crippen LogP contribution in [0.25, 0.3) is 22.2 Å². The van der Waals surface area contributed by atoms with Crippen molar-refractivity contribution in [3.05, 3.63) is 71.6 Å². The summed E-state index contributed by atoms with van der Waals surface area (Å²) in [6, 6.07) is 10.5. The van der Waals surface area contributed by atoms with Crippen molar-refractivity contribution in [2.24, 2.45) is 0 Å². The summed E-state index contributed by atoms with van der Waals surface area (Å²) in [6.07, 6.45) is 1.58. The lowest BCUT2D eigenvalue weighted by Gasteiger charge is -2.20. The first-order chi connectivity index (χ1) is 12.6. The molecule has 4 aromatic rings. The number of H-pyrrole nitrogens is 1. The Labute approximate surface area is 146 Å². The van der Waals surface area contributed by atoms with Gasteiger partial charge in [0, 0.05) is 39.4 Å². The van der Waals surface area contributed by atoms with Gasteiger partial charge >= 0.3 is 0 Å². The smallest absolute Gasteiger partial charge is 0.199 e. The molecule has 3 heterocycles. The van der Waals surface area contributed by atoms with E-state index in [1.165, 1.54) is 12.1 Å². The van der Waals surface area contributed by atoms with Crippen LogP contribution in [-0.4, -0.2) is 20.3 Å². The van der Waals surface area contributed by atoms with Crippen LogP contribution in [0.3, 0.4) is 0 Å². The Morgan fingerprint density at radius 3 is 2.73 bits per heavy atom. The third-order valence-corrected chi connectivity index (χ3v) is 4.69. The van der Waals surface area contributed by atoms with Crippen LogP contribution in [0, 0.1) is 11.8 Å². The molecule has 0 spiro atoms. The highest BCUT2D eigenvalue weighted by Gasteiger charge is 2.31. The molecule has 7 heteroatoms. The van der Waals surface area contributed by atoms with Crippen LogP contribution in [0.15, 0.2) is 48.7 Å². The van der Waals surface area contributed by atoms with Crippen molar-refractivity contribution >= 4 is 16.7 Å². The predicted molar refractivity (Wildman–Crippen MR) is 92.8 cm³/mol. The molecule has 5 rings (SSSR count). The van der Waals surface area contributed by atoms with Crippen LogP contribution in [-0.2, 0) is 0 Å². The molecule has 5 nitrogen and oxygen atoms in total. The number of hydrogen-bond acceptors (Lipinski definition) is 4. The number of hydrogen-bond donors (Lipinski definition) is 3. The summed E-state index contributed by atoms with van der Waals surface area (Å²) < 4.78 is 29.4. The minimum absolute atomic E-state index is 0.189. The van der Waals surface area contributed by atoms with Crippen molar-refractivity contribution in [1.82, 2.24) is 15.2 Å². The first-order valence-corrected chi connectivity index (χ1v) is 8.00. The fourth-order valence-corrected chi connectivity index (χ4v) is 3.56. The third kappa shape index (κ3) is 2.00. The van der Waals surface area contributed by atoms with Crippen LogP contribution < -0.4 is 5.32 Å². The quantitative estimate of drug-likeness (QED) is 0.483. The molecule has 1 aliphatic heterocycles. The Bertz CT molecular complexity index is 1170. The zero-order valence-electron chi connectivity index (χ0n) is 13.3. The number of nitrogens with zero attached hydrogens (tertiary/aromatic N) is 2. The van der Waals surface area contributed by atoms with Gasteiger partial charge in [-0.15, -0.1) is 5.10 Å². The fraction of sp³-hybridized carbons (Fsp3) is 0.0526. The molecule has 0 bridgehead atoms. The van der Waals surface area contributed by atoms with Gasteiger partial charge in [0.25, 0.3) is 0 Å². The Hall–Kier alpha value is -3.48. The van der Waals surface area contributed by atoms with Crippen molar-refractivity contribution < 1.29 is 13.9 Å². The summed E-state index contributed by atoms with van der Waals surface area (Å²) in [5.41, 5.74) is 3.07. The second-order valence-electron chi connectivity index (χ2n) is 6.16. The van der Waals surface area contributed by atoms with E-state index in [-0.39, 0.29) is 16.9 Å². The standard InChI is InChI=1S/C19H12F2N4O/c20-13-7-9(26)5-6-11(13)17-16-15-12(8-22-25-19(15)24-18(16)21)10-3-1-2-4-14(10)23-17/h1-8,17,23,26H,(H,24,25). The number of phenolic OH excluding ortho intramolecular Hbond substituents is 1. The Balaban J connectivity index is 1.88. The van der Waals surface area contributed by atoms with E-state index in [0.717, 1.165) is 22.9 Å². The van der Waals surface area contributed by atoms with E-state index in [9.17, 15) is 13.9 Å². The summed E-state index contributed by atoms with van der Waals surface area (Å²) >= 11 is 0. The largest absolute Gasteiger partial charge is 0.508 e. The number of aromatic nitrogens is 3. The zero-order valence-corrected chi connectivity index (χ0v) is 13.3. The van der Waals surface area contributed by atoms with E-state index in [0.29, 0.717) is 11.0 Å². The van der Waals surface area contributed by atoms with E-state index in [1.54, 1.807) is 6.20 Å². The number of para-hydroxylation sites is 1. The molecule has 1 unspecified atom stereocenters. The number of rotatable bonds is 1. The van der Waals surface area contributed by atoms with Gasteiger partial charge in [0.2, 0.25) is 0 Å². The van der Waals surface area contributed by atoms with Gasteiger partial charge < -0.3 is 15.4 Å². The number of nitrogens with one attached hydrogen (secondary N) is 2. The Morgan fingerprint density at radius 2 is 1.88 bits per heavy atom. The SMILES string of the molecule is Oc1ccc(C2Nc3ccccc3-c3cnnc4[nH]c(F)c2c34)c(F)c1. The van der Waals surface area contributed by atoms with Crippen molar-refractivity contribution in [2.75, 3.05) is 5.32 Å². The number of fused-ring (bicyclic) bond motifs is 2. The summed E-state index contributed by atoms with van der Waals surface area (Å²) in [5, 5.41) is 21.2. The van der Waals surface area contributed by atoms with Crippen LogP contribution in [0.2, 0.25) is 0 Å². The molecule has 0 aliphatic carbocycles. The molecule has 128 valence electrons. The number of aromatic amines is 1. The van der Waals surface area contributed by atoms with Gasteiger partial charge in [-0.3, -0.25) is 0 Å². The molecule has 3 N–H and O–H groups in total. The lowest BCUT2D eigenvalue weighted by atomic mass is 9.97. The van der Waals surface area contributed by atoms with Crippen LogP contribution in [0.4, 0.5) is 14.5 Å². The molecular weight excluding hydrogens is 338 g/mol. The molecule has 0 saturated carbocycles. The molecule has 0 saturated heterocycles. The summed E-state index contributed by atoms with van der Waals surface area (Å²) in [6.45, 7) is 0. The lowest BCUT2D eigenvalue weighted by molar-refractivity contribution is 0.467. The summed E-state index contributed by atoms with van der Waals surface area (Å²) in [7, 11) is 0. The highest BCUT2D eigenvalue weighted by atomic mass is 19.1. The number of benzene rings is 2. The van der Waals surface area contributed by atoms with Gasteiger partial charge in [-0.2, -0.15) is 9.49 Å². The second kappa shape index (κ2) is 5.26. The Morgan fingerprint density at radius 1 is 1.04 bits per heavy atom. The van der Waals surface area contributed by atoms with E-state index in [2.05, 4.69) is 20.5 Å². The van der Waals surface area contributed by atoms with E-state index < -0.39 is 17.8 Å². The number of phenols is 1. The van der Waals surface area contributed by atoms with Gasteiger partial charge in [0.05, 0.1) is 12.2 Å². The molecule has 0 amide bonds. The highest BCUT2D eigenvalue weighted by molar-refractivity contribution is 6.00. The molecule has 26 heavy (non-hydrogen) atoms. The van der Waals surface area contributed by atoms with Crippen LogP contribution in [0.5, 0.6) is 5.75 Å². The van der Waals surface area contributed by atoms with Crippen molar-refractivity contribution in [2.45, 2.75) is 6.04 Å². The first kappa shape index (κ1) is 14.8. The molecule has 0 radical (unpaired) electrons. The van der Waals surface area contributed by atoms with Crippen molar-refractivity contribution in [3.63, 3.8) is 0 Å². The average Bonchev–Trinajstić information content (AvgIpc) is 2.87. The minimum Gasteiger partial charge on any atom is -0.508 e. The maximum absolute atomic E-state index is 14.8. The number of anilines is 1. The zero-order chi connectivity index (χ0) is 17.8. The maximum Gasteiger partial charge on any atom is 0.199 e. The van der Waals surface area contributed by atoms with Gasteiger partial charge in [-0.25, -0.2) is 4.39 Å². The van der Waals surface area contributed by atoms with Gasteiger partial charge in [0.15, 0.2) is 11.6 Å². The minimum atomic E-state index is -0.795. The van der Waals surface area contributed by atoms with Crippen molar-refractivity contribution in [3.8, 4) is 16.9 Å². The van der Waals surface area contributed by atoms with Gasteiger partial charge in [-0.1, -0.05) is 24.3 Å². The Kier molecular flexibility index (Phi) is 3.00. The van der Waals surface area contributed by atoms with E-state index in [4.69, 9.17) is 0 Å². The maximum atomic E-state index is 14.8. The highest BCUT2D eigenvalue weighted by Crippen LogP contribution is 2.44. The molecule has 1 aliphatic rings. The second-order valence-corrected chi connectivity index (χ2v) is 6.16. The molecular formula is C19H12F2N4O. The number of aromatic hydroxyl groups is 1. The summed E-state index contributed by atoms with van der Waals surface area (Å²) in [4.78, 5) is 2.60. The molecule has 0 fully saturated rings. The topological polar surface area (TPSA) is 73.8 Å². The third-order valence-electron chi connectivity index (χ3n) is 4.69. The van der Waals surface area contributed by atoms with E-state index in [1.807, 2.05) is 24.3 Å². The fourth-order valence-electron chi connectivity index (χ4n) is 3.56.